The number of hydrogen-bond donors (Lipinski definition) is 4. The third-order valence-corrected chi connectivity index (χ3v) is 4.17. The molecular formula is C18H22N2O2. The van der Waals surface area contributed by atoms with E-state index in [2.05, 4.69) is 10.6 Å². The van der Waals surface area contributed by atoms with Crippen molar-refractivity contribution in [3.05, 3.63) is 60.7 Å². The van der Waals surface area contributed by atoms with E-state index in [1.54, 1.807) is 0 Å². The molecule has 1 fully saturated rings. The molecule has 0 aliphatic heterocycles. The molecule has 1 aliphatic carbocycles. The van der Waals surface area contributed by atoms with Crippen LogP contribution in [-0.4, -0.2) is 34.5 Å². The number of anilines is 2. The van der Waals surface area contributed by atoms with Crippen molar-refractivity contribution in [2.75, 3.05) is 10.6 Å². The Morgan fingerprint density at radius 2 is 1.00 bits per heavy atom. The summed E-state index contributed by atoms with van der Waals surface area (Å²) in [5, 5.41) is 27.4. The molecule has 2 aromatic carbocycles. The minimum atomic E-state index is -0.496. The van der Waals surface area contributed by atoms with E-state index < -0.39 is 12.2 Å². The molecule has 3 rings (SSSR count). The highest BCUT2D eigenvalue weighted by atomic mass is 16.3. The van der Waals surface area contributed by atoms with Crippen LogP contribution >= 0.6 is 0 Å². The molecule has 116 valence electrons. The zero-order valence-electron chi connectivity index (χ0n) is 12.4. The van der Waals surface area contributed by atoms with Crippen LogP contribution in [0.1, 0.15) is 12.8 Å². The maximum absolute atomic E-state index is 10.4. The van der Waals surface area contributed by atoms with Crippen LogP contribution < -0.4 is 10.6 Å². The summed E-state index contributed by atoms with van der Waals surface area (Å²) in [4.78, 5) is 0. The van der Waals surface area contributed by atoms with E-state index in [1.165, 1.54) is 0 Å². The fraction of sp³-hybridized carbons (Fsp3) is 0.333. The molecule has 0 amide bonds. The molecule has 0 bridgehead atoms. The van der Waals surface area contributed by atoms with Crippen LogP contribution in [0.25, 0.3) is 0 Å². The highest BCUT2D eigenvalue weighted by Crippen LogP contribution is 2.25. The second-order valence-corrected chi connectivity index (χ2v) is 5.84. The average molecular weight is 298 g/mol. The first kappa shape index (κ1) is 14.9. The van der Waals surface area contributed by atoms with Gasteiger partial charge in [-0.2, -0.15) is 0 Å². The average Bonchev–Trinajstić information content (AvgIpc) is 2.54. The van der Waals surface area contributed by atoms with Gasteiger partial charge in [0.1, 0.15) is 0 Å². The van der Waals surface area contributed by atoms with E-state index >= 15 is 0 Å². The number of aliphatic hydroxyl groups excluding tert-OH is 2. The molecule has 4 nitrogen and oxygen atoms in total. The van der Waals surface area contributed by atoms with Gasteiger partial charge >= 0.3 is 0 Å². The topological polar surface area (TPSA) is 64.5 Å². The van der Waals surface area contributed by atoms with Crippen molar-refractivity contribution >= 4 is 11.4 Å². The van der Waals surface area contributed by atoms with Gasteiger partial charge in [0.15, 0.2) is 0 Å². The summed E-state index contributed by atoms with van der Waals surface area (Å²) in [5.41, 5.74) is 1.93. The lowest BCUT2D eigenvalue weighted by molar-refractivity contribution is 0.0342. The van der Waals surface area contributed by atoms with Gasteiger partial charge in [-0.05, 0) is 37.1 Å². The zero-order valence-corrected chi connectivity index (χ0v) is 12.4. The van der Waals surface area contributed by atoms with Crippen LogP contribution in [0.3, 0.4) is 0 Å². The molecule has 0 spiro atoms. The maximum Gasteiger partial charge on any atom is 0.0762 e. The quantitative estimate of drug-likeness (QED) is 0.700. The highest BCUT2D eigenvalue weighted by molar-refractivity contribution is 5.45. The van der Waals surface area contributed by atoms with E-state index in [9.17, 15) is 10.2 Å². The normalized spacial score (nSPS) is 28.1. The summed E-state index contributed by atoms with van der Waals surface area (Å²) in [6, 6.07) is 19.3. The molecule has 1 aliphatic rings. The second kappa shape index (κ2) is 6.81. The number of aliphatic hydroxyl groups is 2. The molecule has 0 unspecified atom stereocenters. The molecule has 0 aromatic heterocycles. The molecule has 0 radical (unpaired) electrons. The lowest BCUT2D eigenvalue weighted by Crippen LogP contribution is -2.51. The van der Waals surface area contributed by atoms with E-state index in [1.807, 2.05) is 60.7 Å². The number of rotatable bonds is 4. The summed E-state index contributed by atoms with van der Waals surface area (Å²) < 4.78 is 0. The third-order valence-electron chi connectivity index (χ3n) is 4.17. The predicted molar refractivity (Wildman–Crippen MR) is 89.0 cm³/mol. The van der Waals surface area contributed by atoms with Gasteiger partial charge in [0, 0.05) is 11.4 Å². The Balaban J connectivity index is 1.61. The van der Waals surface area contributed by atoms with Crippen molar-refractivity contribution in [3.8, 4) is 0 Å². The molecule has 4 N–H and O–H groups in total. The summed E-state index contributed by atoms with van der Waals surface area (Å²) in [6.07, 6.45) is 0.0378. The Hall–Kier alpha value is -2.04. The van der Waals surface area contributed by atoms with E-state index in [0.717, 1.165) is 11.4 Å². The Kier molecular flexibility index (Phi) is 4.61. The first-order chi connectivity index (χ1) is 10.7. The van der Waals surface area contributed by atoms with Crippen molar-refractivity contribution in [1.29, 1.82) is 0 Å². The minimum absolute atomic E-state index is 0.133. The van der Waals surface area contributed by atoms with Crippen LogP contribution in [-0.2, 0) is 0 Å². The van der Waals surface area contributed by atoms with Gasteiger partial charge in [-0.3, -0.25) is 0 Å². The van der Waals surface area contributed by atoms with E-state index in [0.29, 0.717) is 12.8 Å². The van der Waals surface area contributed by atoms with Gasteiger partial charge in [0.2, 0.25) is 0 Å². The first-order valence-electron chi connectivity index (χ1n) is 7.71. The van der Waals surface area contributed by atoms with Gasteiger partial charge < -0.3 is 20.8 Å². The SMILES string of the molecule is O[C@@H]1C[C@H](Nc2ccccc2)[C@@H](O)C[C@H]1Nc1ccccc1. The number of benzene rings is 2. The van der Waals surface area contributed by atoms with E-state index in [-0.39, 0.29) is 12.1 Å². The third kappa shape index (κ3) is 3.59. The van der Waals surface area contributed by atoms with Gasteiger partial charge in [0.25, 0.3) is 0 Å². The molecule has 2 aromatic rings. The molecule has 22 heavy (non-hydrogen) atoms. The van der Waals surface area contributed by atoms with Gasteiger partial charge in [0.05, 0.1) is 24.3 Å². The first-order valence-corrected chi connectivity index (χ1v) is 7.71. The number of para-hydroxylation sites is 2. The fourth-order valence-electron chi connectivity index (χ4n) is 2.97. The summed E-state index contributed by atoms with van der Waals surface area (Å²) >= 11 is 0. The van der Waals surface area contributed by atoms with Gasteiger partial charge in [-0.15, -0.1) is 0 Å². The number of hydrogen-bond acceptors (Lipinski definition) is 4. The lowest BCUT2D eigenvalue weighted by atomic mass is 9.86. The van der Waals surface area contributed by atoms with Crippen LogP contribution in [0, 0.1) is 0 Å². The van der Waals surface area contributed by atoms with Crippen LogP contribution in [0.4, 0.5) is 11.4 Å². The summed E-state index contributed by atoms with van der Waals surface area (Å²) in [6.45, 7) is 0. The Morgan fingerprint density at radius 3 is 1.36 bits per heavy atom. The van der Waals surface area contributed by atoms with E-state index in [4.69, 9.17) is 0 Å². The number of nitrogens with one attached hydrogen (secondary N) is 2. The molecule has 4 heteroatoms. The summed E-state index contributed by atoms with van der Waals surface area (Å²) in [7, 11) is 0. The maximum atomic E-state index is 10.4. The van der Waals surface area contributed by atoms with Crippen LogP contribution in [0.15, 0.2) is 60.7 Å². The van der Waals surface area contributed by atoms with Crippen molar-refractivity contribution in [2.45, 2.75) is 37.1 Å². The Labute approximate surface area is 130 Å². The predicted octanol–water partition coefficient (Wildman–Crippen LogP) is 2.46. The molecular weight excluding hydrogens is 276 g/mol. The summed E-state index contributed by atoms with van der Waals surface area (Å²) in [5.74, 6) is 0. The fourth-order valence-corrected chi connectivity index (χ4v) is 2.97. The Bertz CT molecular complexity index is 523. The van der Waals surface area contributed by atoms with Crippen molar-refractivity contribution in [2.24, 2.45) is 0 Å². The smallest absolute Gasteiger partial charge is 0.0762 e. The minimum Gasteiger partial charge on any atom is -0.391 e. The van der Waals surface area contributed by atoms with Crippen LogP contribution in [0.2, 0.25) is 0 Å². The zero-order chi connectivity index (χ0) is 15.4. The lowest BCUT2D eigenvalue weighted by Gasteiger charge is -2.38. The Morgan fingerprint density at radius 1 is 0.636 bits per heavy atom. The van der Waals surface area contributed by atoms with Gasteiger partial charge in [-0.25, -0.2) is 0 Å². The monoisotopic (exact) mass is 298 g/mol. The standard InChI is InChI=1S/C18H22N2O2/c21-17-12-16(20-14-9-5-2-6-10-14)18(22)11-15(17)19-13-7-3-1-4-8-13/h1-10,15-22H,11-12H2/t15-,16+,17-,18+. The highest BCUT2D eigenvalue weighted by Gasteiger charge is 2.35. The molecule has 0 saturated heterocycles. The molecule has 0 heterocycles. The largest absolute Gasteiger partial charge is 0.391 e. The van der Waals surface area contributed by atoms with Crippen molar-refractivity contribution < 1.29 is 10.2 Å². The van der Waals surface area contributed by atoms with Crippen molar-refractivity contribution in [3.63, 3.8) is 0 Å². The van der Waals surface area contributed by atoms with Crippen molar-refractivity contribution in [1.82, 2.24) is 0 Å². The van der Waals surface area contributed by atoms with Gasteiger partial charge in [-0.1, -0.05) is 36.4 Å². The molecule has 1 saturated carbocycles. The van der Waals surface area contributed by atoms with Crippen LogP contribution in [0.5, 0.6) is 0 Å². The second-order valence-electron chi connectivity index (χ2n) is 5.84. The molecule has 4 atom stereocenters.